The monoisotopic (exact) mass is 296 g/mol. The predicted molar refractivity (Wildman–Crippen MR) is 82.2 cm³/mol. The normalized spacial score (nSPS) is 11.8. The first-order valence-corrected chi connectivity index (χ1v) is 8.41. The van der Waals surface area contributed by atoms with Crippen molar-refractivity contribution in [3.63, 3.8) is 0 Å². The van der Waals surface area contributed by atoms with Gasteiger partial charge >= 0.3 is 0 Å². The zero-order chi connectivity index (χ0) is 14.0. The Hall–Kier alpha value is -1.40. The second kappa shape index (κ2) is 5.30. The predicted octanol–water partition coefficient (Wildman–Crippen LogP) is 1.71. The SMILES string of the molecule is CS(=O)(=O)CCCn1ccc2c(C(N)=S)cccc21. The number of aryl methyl sites for hydroxylation is 1. The lowest BCUT2D eigenvalue weighted by Gasteiger charge is -2.06. The van der Waals surface area contributed by atoms with Gasteiger partial charge < -0.3 is 10.3 Å². The van der Waals surface area contributed by atoms with Gasteiger partial charge in [-0.2, -0.15) is 0 Å². The molecule has 0 amide bonds. The minimum absolute atomic E-state index is 0.196. The summed E-state index contributed by atoms with van der Waals surface area (Å²) in [5.74, 6) is 0.196. The molecule has 0 saturated heterocycles. The third-order valence-corrected chi connectivity index (χ3v) is 4.24. The molecular weight excluding hydrogens is 280 g/mol. The van der Waals surface area contributed by atoms with Crippen LogP contribution >= 0.6 is 12.2 Å². The number of nitrogens with two attached hydrogens (primary N) is 1. The van der Waals surface area contributed by atoms with E-state index >= 15 is 0 Å². The van der Waals surface area contributed by atoms with Crippen molar-refractivity contribution in [2.75, 3.05) is 12.0 Å². The summed E-state index contributed by atoms with van der Waals surface area (Å²) in [4.78, 5) is 0.375. The number of fused-ring (bicyclic) bond motifs is 1. The molecule has 6 heteroatoms. The van der Waals surface area contributed by atoms with Gasteiger partial charge in [0.1, 0.15) is 14.8 Å². The van der Waals surface area contributed by atoms with Gasteiger partial charge in [-0.15, -0.1) is 0 Å². The molecule has 19 heavy (non-hydrogen) atoms. The number of hydrogen-bond donors (Lipinski definition) is 1. The fourth-order valence-corrected chi connectivity index (χ4v) is 2.96. The van der Waals surface area contributed by atoms with E-state index in [0.717, 1.165) is 16.5 Å². The molecule has 1 aromatic carbocycles. The molecule has 0 fully saturated rings. The summed E-state index contributed by atoms with van der Waals surface area (Å²) in [5.41, 5.74) is 7.57. The highest BCUT2D eigenvalue weighted by Gasteiger charge is 2.08. The molecule has 0 aliphatic rings. The van der Waals surface area contributed by atoms with E-state index in [2.05, 4.69) is 0 Å². The minimum Gasteiger partial charge on any atom is -0.389 e. The van der Waals surface area contributed by atoms with Crippen LogP contribution < -0.4 is 5.73 Å². The van der Waals surface area contributed by atoms with Crippen molar-refractivity contribution in [3.8, 4) is 0 Å². The molecule has 1 heterocycles. The summed E-state index contributed by atoms with van der Waals surface area (Å²) in [7, 11) is -2.91. The molecule has 0 unspecified atom stereocenters. The molecule has 0 radical (unpaired) electrons. The fourth-order valence-electron chi connectivity index (χ4n) is 2.13. The quantitative estimate of drug-likeness (QED) is 0.853. The van der Waals surface area contributed by atoms with Crippen molar-refractivity contribution < 1.29 is 8.42 Å². The first-order chi connectivity index (χ1) is 8.88. The van der Waals surface area contributed by atoms with E-state index in [1.165, 1.54) is 6.26 Å². The van der Waals surface area contributed by atoms with Crippen LogP contribution in [0.1, 0.15) is 12.0 Å². The number of aromatic nitrogens is 1. The Morgan fingerprint density at radius 1 is 1.37 bits per heavy atom. The van der Waals surface area contributed by atoms with Crippen LogP contribution in [0.3, 0.4) is 0 Å². The van der Waals surface area contributed by atoms with Gasteiger partial charge in [0.05, 0.1) is 5.75 Å². The third-order valence-electron chi connectivity index (χ3n) is 2.99. The molecule has 4 nitrogen and oxygen atoms in total. The first-order valence-electron chi connectivity index (χ1n) is 5.94. The van der Waals surface area contributed by atoms with Crippen LogP contribution in [0.5, 0.6) is 0 Å². The molecule has 0 saturated carbocycles. The maximum atomic E-state index is 11.1. The summed E-state index contributed by atoms with van der Waals surface area (Å²) < 4.78 is 24.3. The lowest BCUT2D eigenvalue weighted by Crippen LogP contribution is -2.10. The molecule has 0 bridgehead atoms. The van der Waals surface area contributed by atoms with Gasteiger partial charge in [0.15, 0.2) is 0 Å². The highest BCUT2D eigenvalue weighted by atomic mass is 32.2. The van der Waals surface area contributed by atoms with E-state index in [0.29, 0.717) is 18.0 Å². The molecule has 0 atom stereocenters. The number of benzene rings is 1. The van der Waals surface area contributed by atoms with Crippen LogP contribution in [-0.2, 0) is 16.4 Å². The second-order valence-electron chi connectivity index (χ2n) is 4.60. The van der Waals surface area contributed by atoms with Crippen LogP contribution in [0, 0.1) is 0 Å². The van der Waals surface area contributed by atoms with Crippen molar-refractivity contribution in [2.24, 2.45) is 5.73 Å². The number of sulfone groups is 1. The molecule has 2 N–H and O–H groups in total. The molecule has 1 aromatic heterocycles. The Kier molecular flexibility index (Phi) is 3.91. The number of thiocarbonyl (C=S) groups is 1. The standard InChI is InChI=1S/C13H16N2O2S2/c1-19(16,17)9-3-7-15-8-6-10-11(13(14)18)4-2-5-12(10)15/h2,4-6,8H,3,7,9H2,1H3,(H2,14,18). The number of nitrogens with zero attached hydrogens (tertiary/aromatic N) is 1. The molecule has 0 aliphatic carbocycles. The van der Waals surface area contributed by atoms with Crippen molar-refractivity contribution >= 4 is 37.9 Å². The fraction of sp³-hybridized carbons (Fsp3) is 0.308. The van der Waals surface area contributed by atoms with Crippen LogP contribution in [0.4, 0.5) is 0 Å². The Balaban J connectivity index is 2.26. The van der Waals surface area contributed by atoms with Gasteiger partial charge in [0.25, 0.3) is 0 Å². The largest absolute Gasteiger partial charge is 0.389 e. The molecule has 0 spiro atoms. The summed E-state index contributed by atoms with van der Waals surface area (Å²) in [6.07, 6.45) is 3.79. The highest BCUT2D eigenvalue weighted by Crippen LogP contribution is 2.20. The molecular formula is C13H16N2O2S2. The van der Waals surface area contributed by atoms with Crippen LogP contribution in [-0.4, -0.2) is 30.0 Å². The Bertz CT molecular complexity index is 717. The van der Waals surface area contributed by atoms with Gasteiger partial charge in [-0.05, 0) is 18.6 Å². The van der Waals surface area contributed by atoms with Crippen molar-refractivity contribution in [1.82, 2.24) is 4.57 Å². The second-order valence-corrected chi connectivity index (χ2v) is 7.29. The number of hydrogen-bond acceptors (Lipinski definition) is 3. The van der Waals surface area contributed by atoms with Crippen LogP contribution in [0.15, 0.2) is 30.5 Å². The number of rotatable bonds is 5. The van der Waals surface area contributed by atoms with Crippen molar-refractivity contribution in [3.05, 3.63) is 36.0 Å². The topological polar surface area (TPSA) is 65.1 Å². The van der Waals surface area contributed by atoms with Gasteiger partial charge in [0, 0.05) is 35.5 Å². The highest BCUT2D eigenvalue weighted by molar-refractivity contribution is 7.90. The maximum Gasteiger partial charge on any atom is 0.147 e. The van der Waals surface area contributed by atoms with E-state index in [-0.39, 0.29) is 5.75 Å². The van der Waals surface area contributed by atoms with Crippen molar-refractivity contribution in [2.45, 2.75) is 13.0 Å². The Morgan fingerprint density at radius 2 is 2.11 bits per heavy atom. The van der Waals surface area contributed by atoms with E-state index in [9.17, 15) is 8.42 Å². The van der Waals surface area contributed by atoms with E-state index in [1.54, 1.807) is 0 Å². The van der Waals surface area contributed by atoms with Gasteiger partial charge in [0.2, 0.25) is 0 Å². The summed E-state index contributed by atoms with van der Waals surface area (Å²) in [6.45, 7) is 0.664. The molecule has 2 rings (SSSR count). The third kappa shape index (κ3) is 3.33. The zero-order valence-electron chi connectivity index (χ0n) is 10.7. The van der Waals surface area contributed by atoms with E-state index in [1.807, 2.05) is 35.0 Å². The average Bonchev–Trinajstić information content (AvgIpc) is 2.70. The van der Waals surface area contributed by atoms with E-state index < -0.39 is 9.84 Å². The Morgan fingerprint density at radius 3 is 2.74 bits per heavy atom. The van der Waals surface area contributed by atoms with Gasteiger partial charge in [-0.1, -0.05) is 24.4 Å². The smallest absolute Gasteiger partial charge is 0.147 e. The van der Waals surface area contributed by atoms with E-state index in [4.69, 9.17) is 18.0 Å². The minimum atomic E-state index is -2.91. The van der Waals surface area contributed by atoms with Gasteiger partial charge in [-0.3, -0.25) is 0 Å². The summed E-state index contributed by atoms with van der Waals surface area (Å²) in [6, 6.07) is 7.75. The van der Waals surface area contributed by atoms with Gasteiger partial charge in [-0.25, -0.2) is 8.42 Å². The lowest BCUT2D eigenvalue weighted by molar-refractivity contribution is 0.593. The maximum absolute atomic E-state index is 11.1. The summed E-state index contributed by atoms with van der Waals surface area (Å²) in [5, 5.41) is 1.01. The first kappa shape index (κ1) is 14.0. The summed E-state index contributed by atoms with van der Waals surface area (Å²) >= 11 is 5.02. The van der Waals surface area contributed by atoms with Crippen LogP contribution in [0.2, 0.25) is 0 Å². The molecule has 2 aromatic rings. The average molecular weight is 296 g/mol. The lowest BCUT2D eigenvalue weighted by atomic mass is 10.1. The molecule has 0 aliphatic heterocycles. The Labute approximate surface area is 118 Å². The van der Waals surface area contributed by atoms with Crippen molar-refractivity contribution in [1.29, 1.82) is 0 Å². The van der Waals surface area contributed by atoms with Crippen LogP contribution in [0.25, 0.3) is 10.9 Å². The molecule has 102 valence electrons. The zero-order valence-corrected chi connectivity index (χ0v) is 12.3.